The van der Waals surface area contributed by atoms with Gasteiger partial charge in [-0.15, -0.1) is 0 Å². The van der Waals surface area contributed by atoms with Crippen molar-refractivity contribution in [3.05, 3.63) is 29.8 Å². The molecule has 0 spiro atoms. The zero-order valence-corrected chi connectivity index (χ0v) is 14.2. The minimum absolute atomic E-state index is 0.0211. The Morgan fingerprint density at radius 2 is 2.20 bits per heavy atom. The molecule has 25 heavy (non-hydrogen) atoms. The number of piperidine rings is 1. The highest BCUT2D eigenvalue weighted by atomic mass is 16.2. The smallest absolute Gasteiger partial charge is 0.227 e. The lowest BCUT2D eigenvalue weighted by atomic mass is 9.87. The molecule has 3 heterocycles. The minimum atomic E-state index is -0.0558. The Labute approximate surface area is 145 Å². The van der Waals surface area contributed by atoms with E-state index >= 15 is 0 Å². The number of amides is 2. The van der Waals surface area contributed by atoms with Gasteiger partial charge in [0.2, 0.25) is 11.8 Å². The normalized spacial score (nSPS) is 23.0. The largest absolute Gasteiger partial charge is 0.354 e. The van der Waals surface area contributed by atoms with Gasteiger partial charge in [-0.05, 0) is 24.8 Å². The molecule has 2 aromatic rings. The summed E-state index contributed by atoms with van der Waals surface area (Å²) in [5.74, 6) is 0.0515. The van der Waals surface area contributed by atoms with E-state index in [2.05, 4.69) is 20.8 Å². The lowest BCUT2D eigenvalue weighted by molar-refractivity contribution is -0.123. The highest BCUT2D eigenvalue weighted by Crippen LogP contribution is 2.26. The first-order valence-corrected chi connectivity index (χ1v) is 8.71. The van der Waals surface area contributed by atoms with Gasteiger partial charge in [-0.1, -0.05) is 0 Å². The second-order valence-electron chi connectivity index (χ2n) is 6.91. The standard InChI is InChI=1S/C17H22N6O2/c1-22-9-12-3-2-11(6-15(12)21-22)17(25)20-13-7-19-23(10-13)14-4-5-16(24)18-8-14/h7,9-11,14H,2-6,8H2,1H3,(H,18,24)(H,20,25). The van der Waals surface area contributed by atoms with Crippen molar-refractivity contribution in [1.82, 2.24) is 24.9 Å². The second-order valence-corrected chi connectivity index (χ2v) is 6.91. The molecule has 0 saturated carbocycles. The fourth-order valence-electron chi connectivity index (χ4n) is 3.65. The van der Waals surface area contributed by atoms with Crippen molar-refractivity contribution >= 4 is 17.5 Å². The van der Waals surface area contributed by atoms with E-state index in [0.29, 0.717) is 25.1 Å². The number of fused-ring (bicyclic) bond motifs is 1. The Morgan fingerprint density at radius 1 is 1.32 bits per heavy atom. The molecule has 0 aromatic carbocycles. The summed E-state index contributed by atoms with van der Waals surface area (Å²) in [6.07, 6.45) is 9.25. The van der Waals surface area contributed by atoms with Gasteiger partial charge in [0.05, 0.1) is 23.6 Å². The van der Waals surface area contributed by atoms with Gasteiger partial charge in [-0.3, -0.25) is 19.0 Å². The molecule has 2 unspecified atom stereocenters. The van der Waals surface area contributed by atoms with Gasteiger partial charge >= 0.3 is 0 Å². The molecule has 4 rings (SSSR count). The number of nitrogens with one attached hydrogen (secondary N) is 2. The summed E-state index contributed by atoms with van der Waals surface area (Å²) in [6, 6.07) is 0.147. The Bertz CT molecular complexity index is 798. The number of rotatable bonds is 3. The summed E-state index contributed by atoms with van der Waals surface area (Å²) in [6.45, 7) is 0.582. The molecule has 1 aliphatic carbocycles. The van der Waals surface area contributed by atoms with E-state index in [4.69, 9.17) is 0 Å². The number of carbonyl (C=O) groups excluding carboxylic acids is 2. The number of nitrogens with zero attached hydrogens (tertiary/aromatic N) is 4. The summed E-state index contributed by atoms with van der Waals surface area (Å²) in [4.78, 5) is 23.8. The van der Waals surface area contributed by atoms with Crippen LogP contribution >= 0.6 is 0 Å². The molecule has 8 heteroatoms. The van der Waals surface area contributed by atoms with Crippen LogP contribution in [0.2, 0.25) is 0 Å². The third kappa shape index (κ3) is 3.29. The van der Waals surface area contributed by atoms with Gasteiger partial charge in [0.15, 0.2) is 0 Å². The third-order valence-corrected chi connectivity index (χ3v) is 5.05. The lowest BCUT2D eigenvalue weighted by Gasteiger charge is -2.22. The number of aromatic nitrogens is 4. The number of hydrogen-bond acceptors (Lipinski definition) is 4. The maximum atomic E-state index is 12.6. The van der Waals surface area contributed by atoms with Gasteiger partial charge in [-0.2, -0.15) is 10.2 Å². The van der Waals surface area contributed by atoms with Crippen LogP contribution in [0.3, 0.4) is 0 Å². The van der Waals surface area contributed by atoms with Crippen LogP contribution in [0.25, 0.3) is 0 Å². The van der Waals surface area contributed by atoms with Crippen molar-refractivity contribution in [2.24, 2.45) is 13.0 Å². The maximum absolute atomic E-state index is 12.6. The predicted octanol–water partition coefficient (Wildman–Crippen LogP) is 0.811. The van der Waals surface area contributed by atoms with Crippen LogP contribution in [0.1, 0.15) is 36.6 Å². The fraction of sp³-hybridized carbons (Fsp3) is 0.529. The van der Waals surface area contributed by atoms with Gasteiger partial charge in [0.1, 0.15) is 0 Å². The molecule has 8 nitrogen and oxygen atoms in total. The summed E-state index contributed by atoms with van der Waals surface area (Å²) in [5, 5.41) is 14.6. The van der Waals surface area contributed by atoms with Crippen LogP contribution < -0.4 is 10.6 Å². The molecule has 1 saturated heterocycles. The first-order valence-electron chi connectivity index (χ1n) is 8.71. The van der Waals surface area contributed by atoms with Crippen LogP contribution in [0.5, 0.6) is 0 Å². The molecule has 2 amide bonds. The topological polar surface area (TPSA) is 93.8 Å². The van der Waals surface area contributed by atoms with E-state index in [9.17, 15) is 9.59 Å². The van der Waals surface area contributed by atoms with E-state index < -0.39 is 0 Å². The monoisotopic (exact) mass is 342 g/mol. The van der Waals surface area contributed by atoms with E-state index in [1.807, 2.05) is 28.8 Å². The molecule has 2 aromatic heterocycles. The average molecular weight is 342 g/mol. The Hall–Kier alpha value is -2.64. The number of hydrogen-bond donors (Lipinski definition) is 2. The first-order chi connectivity index (χ1) is 12.1. The summed E-state index contributed by atoms with van der Waals surface area (Å²) < 4.78 is 3.64. The molecule has 1 aliphatic heterocycles. The molecular weight excluding hydrogens is 320 g/mol. The molecule has 2 atom stereocenters. The molecule has 2 N–H and O–H groups in total. The molecule has 0 bridgehead atoms. The zero-order valence-electron chi connectivity index (χ0n) is 14.2. The van der Waals surface area contributed by atoms with Crippen molar-refractivity contribution < 1.29 is 9.59 Å². The Morgan fingerprint density at radius 3 is 3.00 bits per heavy atom. The van der Waals surface area contributed by atoms with Crippen LogP contribution in [-0.2, 0) is 29.5 Å². The van der Waals surface area contributed by atoms with Crippen molar-refractivity contribution in [3.8, 4) is 0 Å². The lowest BCUT2D eigenvalue weighted by Crippen LogP contribution is -2.36. The molecule has 1 fully saturated rings. The molecule has 2 aliphatic rings. The van der Waals surface area contributed by atoms with Crippen molar-refractivity contribution in [1.29, 1.82) is 0 Å². The van der Waals surface area contributed by atoms with Crippen LogP contribution in [0, 0.1) is 5.92 Å². The van der Waals surface area contributed by atoms with E-state index in [1.165, 1.54) is 5.56 Å². The molecule has 132 valence electrons. The van der Waals surface area contributed by atoms with Crippen molar-refractivity contribution in [2.75, 3.05) is 11.9 Å². The average Bonchev–Trinajstić information content (AvgIpc) is 3.20. The van der Waals surface area contributed by atoms with Crippen LogP contribution in [0.15, 0.2) is 18.6 Å². The fourth-order valence-corrected chi connectivity index (χ4v) is 3.65. The van der Waals surface area contributed by atoms with Gasteiger partial charge in [0, 0.05) is 44.7 Å². The number of aryl methyl sites for hydroxylation is 2. The third-order valence-electron chi connectivity index (χ3n) is 5.05. The summed E-state index contributed by atoms with van der Waals surface area (Å²) >= 11 is 0. The number of anilines is 1. The SMILES string of the molecule is Cn1cc2c(n1)CC(C(=O)Nc1cnn(C3CCC(=O)NC3)c1)CC2. The Kier molecular flexibility index (Phi) is 4.03. The summed E-state index contributed by atoms with van der Waals surface area (Å²) in [7, 11) is 1.91. The van der Waals surface area contributed by atoms with E-state index in [-0.39, 0.29) is 23.8 Å². The van der Waals surface area contributed by atoms with Gasteiger partial charge < -0.3 is 10.6 Å². The number of carbonyl (C=O) groups is 2. The molecular formula is C17H22N6O2. The van der Waals surface area contributed by atoms with Crippen LogP contribution in [-0.4, -0.2) is 37.9 Å². The van der Waals surface area contributed by atoms with Crippen LogP contribution in [0.4, 0.5) is 5.69 Å². The van der Waals surface area contributed by atoms with Gasteiger partial charge in [-0.25, -0.2) is 0 Å². The minimum Gasteiger partial charge on any atom is -0.354 e. The quantitative estimate of drug-likeness (QED) is 0.863. The highest BCUT2D eigenvalue weighted by Gasteiger charge is 2.27. The molecule has 0 radical (unpaired) electrons. The summed E-state index contributed by atoms with van der Waals surface area (Å²) in [5.41, 5.74) is 2.98. The predicted molar refractivity (Wildman–Crippen MR) is 90.9 cm³/mol. The van der Waals surface area contributed by atoms with E-state index in [0.717, 1.165) is 25.0 Å². The second kappa shape index (κ2) is 6.34. The first kappa shape index (κ1) is 15.9. The Balaban J connectivity index is 1.38. The van der Waals surface area contributed by atoms with Crippen molar-refractivity contribution in [2.45, 2.75) is 38.1 Å². The highest BCUT2D eigenvalue weighted by molar-refractivity contribution is 5.92. The van der Waals surface area contributed by atoms with Gasteiger partial charge in [0.25, 0.3) is 0 Å². The van der Waals surface area contributed by atoms with E-state index in [1.54, 1.807) is 6.20 Å². The maximum Gasteiger partial charge on any atom is 0.227 e. The van der Waals surface area contributed by atoms with Crippen molar-refractivity contribution in [3.63, 3.8) is 0 Å². The zero-order chi connectivity index (χ0) is 17.4.